The summed E-state index contributed by atoms with van der Waals surface area (Å²) < 4.78 is 149. The van der Waals surface area contributed by atoms with E-state index in [1.165, 1.54) is 67.8 Å². The number of hydrogen-bond acceptors (Lipinski definition) is 33. The van der Waals surface area contributed by atoms with E-state index in [2.05, 4.69) is 128 Å². The molecule has 0 aliphatic carbocycles. The van der Waals surface area contributed by atoms with Crippen LogP contribution in [0.2, 0.25) is 5.15 Å². The maximum absolute atomic E-state index is 15.1. The molecule has 0 saturated carbocycles. The van der Waals surface area contributed by atoms with E-state index in [9.17, 15) is 26.7 Å². The van der Waals surface area contributed by atoms with Gasteiger partial charge in [0.15, 0.2) is 69.6 Å². The summed E-state index contributed by atoms with van der Waals surface area (Å²) in [5, 5.41) is 57.6. The van der Waals surface area contributed by atoms with Crippen LogP contribution in [0.3, 0.4) is 0 Å². The van der Waals surface area contributed by atoms with Gasteiger partial charge in [0.1, 0.15) is 57.0 Å². The maximum Gasteiger partial charge on any atom is 0.222 e. The Kier molecular flexibility index (Phi) is 34.9. The molecule has 40 nitrogen and oxygen atoms in total. The zero-order valence-electron chi connectivity index (χ0n) is 79.4. The highest BCUT2D eigenvalue weighted by Crippen LogP contribution is 2.39. The number of pyridine rings is 6. The number of rotatable bonds is 37. The predicted octanol–water partition coefficient (Wildman–Crippen LogP) is 13.2. The first-order valence-electron chi connectivity index (χ1n) is 44.3. The molecule has 0 unspecified atom stereocenters. The Balaban J connectivity index is 0.000000159. The molecule has 12 aromatic heterocycles. The third-order valence-corrected chi connectivity index (χ3v) is 21.2. The Morgan fingerprint density at radius 1 is 0.387 bits per heavy atom. The summed E-state index contributed by atoms with van der Waals surface area (Å²) in [4.78, 5) is 44.3. The second kappa shape index (κ2) is 48.0. The summed E-state index contributed by atoms with van der Waals surface area (Å²) in [6.07, 6.45) is 20.3. The van der Waals surface area contributed by atoms with E-state index >= 15 is 13.2 Å². The van der Waals surface area contributed by atoms with Crippen LogP contribution in [-0.2, 0) is 17.9 Å². The van der Waals surface area contributed by atoms with E-state index in [4.69, 9.17) is 53.5 Å². The lowest BCUT2D eigenvalue weighted by molar-refractivity contribution is -0.114. The Hall–Kier alpha value is -16.1. The molecule has 16 aromatic rings. The van der Waals surface area contributed by atoms with Crippen molar-refractivity contribution in [2.24, 2.45) is 5.92 Å². The van der Waals surface area contributed by atoms with Gasteiger partial charge in [0.05, 0.1) is 61.1 Å². The highest BCUT2D eigenvalue weighted by Gasteiger charge is 2.29. The molecule has 4 aromatic carbocycles. The smallest absolute Gasteiger partial charge is 0.222 e. The number of nitrogens with two attached hydrogens (primary N) is 4. The molecular formula is C93H102ClF8N35O5. The fourth-order valence-electron chi connectivity index (χ4n) is 14.0. The van der Waals surface area contributed by atoms with Gasteiger partial charge in [0.2, 0.25) is 29.2 Å². The number of anilines is 5. The molecule has 12 heterocycles. The number of nitrogens with one attached hydrogen (secondary N) is 1. The van der Waals surface area contributed by atoms with Crippen LogP contribution in [0.15, 0.2) is 159 Å². The van der Waals surface area contributed by atoms with Crippen LogP contribution in [0.1, 0.15) is 59.8 Å². The van der Waals surface area contributed by atoms with Crippen molar-refractivity contribution in [2.75, 3.05) is 137 Å². The van der Waals surface area contributed by atoms with Crippen LogP contribution < -0.4 is 47.2 Å². The lowest BCUT2D eigenvalue weighted by Crippen LogP contribution is -2.16. The fraction of sp³-hybridized carbons (Fsp3) is 0.301. The molecule has 0 aliphatic heterocycles. The molecule has 0 saturated heterocycles. The minimum atomic E-state index is -1.17. The molecule has 742 valence electrons. The number of amides is 1. The van der Waals surface area contributed by atoms with Gasteiger partial charge in [-0.1, -0.05) is 32.4 Å². The van der Waals surface area contributed by atoms with Gasteiger partial charge in [-0.25, -0.2) is 47.5 Å². The van der Waals surface area contributed by atoms with Crippen molar-refractivity contribution in [3.05, 3.63) is 211 Å². The Bertz CT molecular complexity index is 7010. The minimum absolute atomic E-state index is 0.0564. The van der Waals surface area contributed by atoms with Crippen molar-refractivity contribution in [3.63, 3.8) is 0 Å². The number of nitrogens with zero attached hydrogens (tertiary/aromatic N) is 30. The molecule has 1 amide bonds. The van der Waals surface area contributed by atoms with Gasteiger partial charge >= 0.3 is 0 Å². The summed E-state index contributed by atoms with van der Waals surface area (Å²) in [5.41, 5.74) is 30.8. The van der Waals surface area contributed by atoms with Crippen molar-refractivity contribution in [1.82, 2.24) is 150 Å². The number of carbonyl (C=O) groups excluding carboxylic acids is 1. The molecule has 16 rings (SSSR count). The second-order valence-corrected chi connectivity index (χ2v) is 33.9. The van der Waals surface area contributed by atoms with Crippen LogP contribution in [0.4, 0.5) is 64.2 Å². The molecule has 0 aliphatic rings. The number of ether oxygens (including phenoxy) is 4. The lowest BCUT2D eigenvalue weighted by Gasteiger charge is -2.13. The molecule has 0 atom stereocenters. The summed E-state index contributed by atoms with van der Waals surface area (Å²) in [5.74, 6) is -8.43. The predicted molar refractivity (Wildman–Crippen MR) is 515 cm³/mol. The number of benzene rings is 4. The summed E-state index contributed by atoms with van der Waals surface area (Å²) in [7, 11) is 15.4. The molecule has 9 N–H and O–H groups in total. The third kappa shape index (κ3) is 25.9. The first-order valence-corrected chi connectivity index (χ1v) is 44.7. The molecule has 0 fully saturated rings. The number of tetrazole rings is 4. The Labute approximate surface area is 814 Å². The topological polar surface area (TPSA) is 470 Å². The van der Waals surface area contributed by atoms with E-state index in [1.54, 1.807) is 85.7 Å². The number of nitrogen functional groups attached to an aromatic ring is 4. The summed E-state index contributed by atoms with van der Waals surface area (Å²) in [6, 6.07) is 24.4. The standard InChI is InChI=1S/C24H25F2N9O2.C24H29F2N9O.C23H27F2N9O.C22H21ClF2N8O/c1-14(36)30-20-12-15(7-8-28-20)16-11-17(23(27)29-13-16)24-31-32-33-35(24)18-5-6-19(22(26)21(18)25)37-10-4-9-34(2)3;1-15(2)13-34-14-17(12-29-34)16-10-18(23(27)28-11-16)24-30-31-32-35(24)19-6-7-20(22(26)21(19)25)36-9-5-8-33(3)4;1-4-8-33-14-16(13-28-33)15-11-17(22(26)27-12-15)23-29-30-31-34(23)18-6-7-19(21(25)20(18)24)35-10-5-9-32(2)3;1-32(2)8-3-9-34-17-5-4-16(19(24)20(17)25)33-22(29-30-31-33)15-10-14(12-28-21(15)26)13-6-7-27-18(23)11-13/h5-8,11-13H,4,9-10H2,1-3H3,(H2,27,29)(H,28,30,36);6-7,10-12,14-15H,5,8-9,13H2,1-4H3,(H2,27,28);6-7,11-14H,4-5,8-10H2,1-3H3,(H2,26,27);4-7,10-12H,3,8-9H2,1-2H3,(H2,26,28). The number of aromatic nitrogens is 26. The zero-order valence-corrected chi connectivity index (χ0v) is 80.1. The van der Waals surface area contributed by atoms with E-state index in [1.807, 2.05) is 97.7 Å². The largest absolute Gasteiger partial charge is 0.490 e. The third-order valence-electron chi connectivity index (χ3n) is 21.0. The van der Waals surface area contributed by atoms with Gasteiger partial charge in [-0.2, -0.15) is 46.5 Å². The molecule has 0 bridgehead atoms. The first kappa shape index (κ1) is 103. The maximum atomic E-state index is 15.1. The van der Waals surface area contributed by atoms with Crippen molar-refractivity contribution >= 4 is 46.6 Å². The Morgan fingerprint density at radius 3 is 0.993 bits per heavy atom. The first-order chi connectivity index (χ1) is 68.2. The second-order valence-electron chi connectivity index (χ2n) is 33.5. The average molecular weight is 1980 g/mol. The van der Waals surface area contributed by atoms with Crippen LogP contribution in [0, 0.1) is 52.5 Å². The van der Waals surface area contributed by atoms with Gasteiger partial charge in [0, 0.05) is 129 Å². The zero-order chi connectivity index (χ0) is 102. The normalized spacial score (nSPS) is 11.3. The highest BCUT2D eigenvalue weighted by atomic mass is 35.5. The molecule has 49 heteroatoms. The van der Waals surface area contributed by atoms with Crippen molar-refractivity contribution in [2.45, 2.75) is 72.9 Å². The quantitative estimate of drug-likeness (QED) is 0.0137. The van der Waals surface area contributed by atoms with E-state index in [0.29, 0.717) is 81.5 Å². The van der Waals surface area contributed by atoms with Gasteiger partial charge in [-0.15, -0.1) is 20.4 Å². The van der Waals surface area contributed by atoms with E-state index < -0.39 is 46.5 Å². The summed E-state index contributed by atoms with van der Waals surface area (Å²) >= 11 is 5.99. The van der Waals surface area contributed by atoms with Gasteiger partial charge in [-0.05, 0) is 244 Å². The number of hydrogen-bond donors (Lipinski definition) is 5. The van der Waals surface area contributed by atoms with Crippen LogP contribution in [0.5, 0.6) is 23.0 Å². The van der Waals surface area contributed by atoms with E-state index in [0.717, 1.165) is 92.2 Å². The molecule has 142 heavy (non-hydrogen) atoms. The van der Waals surface area contributed by atoms with Crippen LogP contribution >= 0.6 is 11.6 Å². The Morgan fingerprint density at radius 2 is 0.690 bits per heavy atom. The van der Waals surface area contributed by atoms with E-state index in [-0.39, 0.29) is 125 Å². The number of aryl methyl sites for hydroxylation is 1. The highest BCUT2D eigenvalue weighted by molar-refractivity contribution is 6.29. The minimum Gasteiger partial charge on any atom is -0.490 e. The van der Waals surface area contributed by atoms with Crippen molar-refractivity contribution in [3.8, 4) is 136 Å². The van der Waals surface area contributed by atoms with Crippen LogP contribution in [-0.4, -0.2) is 265 Å². The number of halogens is 9. The fourth-order valence-corrected chi connectivity index (χ4v) is 14.2. The average Bonchev–Trinajstić information content (AvgIpc) is 1.50. The van der Waals surface area contributed by atoms with Gasteiger partial charge in [-0.3, -0.25) is 14.2 Å². The molecule has 0 radical (unpaired) electrons. The van der Waals surface area contributed by atoms with Gasteiger partial charge in [0.25, 0.3) is 0 Å². The molecular weight excluding hydrogens is 1870 g/mol. The van der Waals surface area contributed by atoms with Crippen molar-refractivity contribution < 1.29 is 58.9 Å². The SMILES string of the molecule is CC(=O)Nc1cc(-c2cnc(N)c(-c3nnnn3-c3ccc(OCCCN(C)C)c(F)c3F)c2)ccn1.CC(C)Cn1cc(-c2cnc(N)c(-c3nnnn3-c3ccc(OCCCN(C)C)c(F)c3F)c2)cn1.CCCn1cc(-c2cnc(N)c(-c3nnnn3-c3ccc(OCCCN(C)C)c(F)c3F)c2)cn1.CN(C)CCCOc1ccc(-n2nnnc2-c2cc(-c3ccnc(Cl)c3)cnc2N)c(F)c1F. The summed E-state index contributed by atoms with van der Waals surface area (Å²) in [6.45, 7) is 13.3. The van der Waals surface area contributed by atoms with Gasteiger partial charge < -0.3 is 66.8 Å². The van der Waals surface area contributed by atoms with Crippen molar-refractivity contribution in [1.29, 1.82) is 0 Å². The molecule has 0 spiro atoms. The monoisotopic (exact) mass is 1980 g/mol. The van der Waals surface area contributed by atoms with Crippen LogP contribution in [0.25, 0.3) is 113 Å². The lowest BCUT2D eigenvalue weighted by atomic mass is 10.1. The number of carbonyl (C=O) groups is 1.